The Morgan fingerprint density at radius 2 is 2.19 bits per heavy atom. The lowest BCUT2D eigenvalue weighted by molar-refractivity contribution is 0.0694. The van der Waals surface area contributed by atoms with E-state index in [-0.39, 0.29) is 23.5 Å². The second kappa shape index (κ2) is 6.92. The van der Waals surface area contributed by atoms with Gasteiger partial charge in [0.2, 0.25) is 0 Å². The monoisotopic (exact) mass is 373 g/mol. The molecule has 4 nitrogen and oxygen atoms in total. The zero-order valence-electron chi connectivity index (χ0n) is 12.1. The second-order valence-corrected chi connectivity index (χ2v) is 8.56. The van der Waals surface area contributed by atoms with Crippen molar-refractivity contribution >= 4 is 31.7 Å². The van der Waals surface area contributed by atoms with Crippen LogP contribution >= 0.6 is 15.9 Å². The molecule has 6 heteroatoms. The van der Waals surface area contributed by atoms with Crippen LogP contribution < -0.4 is 0 Å². The van der Waals surface area contributed by atoms with Crippen LogP contribution in [0.25, 0.3) is 0 Å². The van der Waals surface area contributed by atoms with E-state index in [1.165, 1.54) is 0 Å². The van der Waals surface area contributed by atoms with Crippen molar-refractivity contribution in [1.29, 1.82) is 0 Å². The van der Waals surface area contributed by atoms with E-state index >= 15 is 0 Å². The van der Waals surface area contributed by atoms with Gasteiger partial charge in [0.1, 0.15) is 0 Å². The van der Waals surface area contributed by atoms with Crippen molar-refractivity contribution in [3.63, 3.8) is 0 Å². The molecular formula is C15H20BrNO3S. The number of halogens is 1. The average Bonchev–Trinajstić information content (AvgIpc) is 2.79. The topological polar surface area (TPSA) is 54.5 Å². The zero-order valence-corrected chi connectivity index (χ0v) is 14.5. The molecule has 1 unspecified atom stereocenters. The van der Waals surface area contributed by atoms with Gasteiger partial charge in [0.05, 0.1) is 11.5 Å². The molecule has 0 aliphatic carbocycles. The minimum atomic E-state index is -2.99. The van der Waals surface area contributed by atoms with E-state index in [0.717, 1.165) is 17.3 Å². The molecule has 0 spiro atoms. The molecule has 1 atom stereocenters. The highest BCUT2D eigenvalue weighted by atomic mass is 79.9. The first-order valence-corrected chi connectivity index (χ1v) is 9.81. The van der Waals surface area contributed by atoms with Crippen LogP contribution in [0.5, 0.6) is 0 Å². The van der Waals surface area contributed by atoms with Gasteiger partial charge in [0.15, 0.2) is 9.84 Å². The van der Waals surface area contributed by atoms with Crippen LogP contribution in [-0.2, 0) is 9.84 Å². The Bertz CT molecular complexity index is 615. The zero-order chi connectivity index (χ0) is 15.5. The van der Waals surface area contributed by atoms with Crippen molar-refractivity contribution in [3.05, 3.63) is 34.3 Å². The van der Waals surface area contributed by atoms with Gasteiger partial charge in [-0.05, 0) is 31.0 Å². The molecule has 1 aromatic carbocycles. The van der Waals surface area contributed by atoms with Gasteiger partial charge in [-0.25, -0.2) is 8.42 Å². The van der Waals surface area contributed by atoms with E-state index in [4.69, 9.17) is 0 Å². The number of carbonyl (C=O) groups is 1. The highest BCUT2D eigenvalue weighted by molar-refractivity contribution is 9.10. The number of carbonyl (C=O) groups excluding carboxylic acids is 1. The molecule has 1 amide bonds. The standard InChI is InChI=1S/C15H20BrNO3S/c1-2-3-8-17(14-7-9-21(19,20)11-14)15(18)12-5-4-6-13(16)10-12/h4-6,10,14H,2-3,7-9,11H2,1H3. The molecule has 0 saturated carbocycles. The summed E-state index contributed by atoms with van der Waals surface area (Å²) in [4.78, 5) is 14.5. The van der Waals surface area contributed by atoms with Gasteiger partial charge in [0, 0.05) is 22.6 Å². The molecule has 0 radical (unpaired) electrons. The second-order valence-electron chi connectivity index (χ2n) is 5.42. The van der Waals surface area contributed by atoms with Crippen molar-refractivity contribution < 1.29 is 13.2 Å². The third kappa shape index (κ3) is 4.30. The summed E-state index contributed by atoms with van der Waals surface area (Å²) in [7, 11) is -2.99. The third-order valence-electron chi connectivity index (χ3n) is 3.73. The van der Waals surface area contributed by atoms with Gasteiger partial charge in [-0.1, -0.05) is 35.3 Å². The normalized spacial score (nSPS) is 20.4. The summed E-state index contributed by atoms with van der Waals surface area (Å²) in [6.45, 7) is 2.68. The van der Waals surface area contributed by atoms with Gasteiger partial charge in [0.25, 0.3) is 5.91 Å². The highest BCUT2D eigenvalue weighted by Gasteiger charge is 2.34. The molecule has 21 heavy (non-hydrogen) atoms. The summed E-state index contributed by atoms with van der Waals surface area (Å²) in [5.74, 6) is 0.203. The Balaban J connectivity index is 2.21. The summed E-state index contributed by atoms with van der Waals surface area (Å²) < 4.78 is 24.2. The van der Waals surface area contributed by atoms with E-state index in [1.807, 2.05) is 12.1 Å². The number of hydrogen-bond donors (Lipinski definition) is 0. The Morgan fingerprint density at radius 1 is 1.43 bits per heavy atom. The van der Waals surface area contributed by atoms with Crippen molar-refractivity contribution in [2.75, 3.05) is 18.1 Å². The number of sulfone groups is 1. The number of nitrogens with zero attached hydrogens (tertiary/aromatic N) is 1. The lowest BCUT2D eigenvalue weighted by Crippen LogP contribution is -2.41. The molecule has 1 aromatic rings. The van der Waals surface area contributed by atoms with Crippen LogP contribution in [0.1, 0.15) is 36.5 Å². The fourth-order valence-electron chi connectivity index (χ4n) is 2.59. The van der Waals surface area contributed by atoms with Gasteiger partial charge < -0.3 is 4.90 Å². The Labute approximate surface area is 134 Å². The SMILES string of the molecule is CCCCN(C(=O)c1cccc(Br)c1)C1CCS(=O)(=O)C1. The van der Waals surface area contributed by atoms with Gasteiger partial charge >= 0.3 is 0 Å². The first kappa shape index (κ1) is 16.5. The third-order valence-corrected chi connectivity index (χ3v) is 5.98. The molecule has 1 heterocycles. The van der Waals surface area contributed by atoms with Crippen LogP contribution in [-0.4, -0.2) is 43.3 Å². The molecular weight excluding hydrogens is 354 g/mol. The Morgan fingerprint density at radius 3 is 2.76 bits per heavy atom. The molecule has 1 aliphatic rings. The summed E-state index contributed by atoms with van der Waals surface area (Å²) in [5, 5.41) is 0. The van der Waals surface area contributed by atoms with Crippen molar-refractivity contribution in [1.82, 2.24) is 4.90 Å². The molecule has 1 saturated heterocycles. The van der Waals surface area contributed by atoms with Crippen LogP contribution in [0.15, 0.2) is 28.7 Å². The largest absolute Gasteiger partial charge is 0.335 e. The number of unbranched alkanes of at least 4 members (excludes halogenated alkanes) is 1. The fourth-order valence-corrected chi connectivity index (χ4v) is 4.72. The fraction of sp³-hybridized carbons (Fsp3) is 0.533. The molecule has 1 aliphatic heterocycles. The summed E-state index contributed by atoms with van der Waals surface area (Å²) in [5.41, 5.74) is 0.602. The first-order valence-electron chi connectivity index (χ1n) is 7.20. The summed E-state index contributed by atoms with van der Waals surface area (Å²) >= 11 is 3.37. The van der Waals surface area contributed by atoms with Crippen molar-refractivity contribution in [2.45, 2.75) is 32.2 Å². The number of hydrogen-bond acceptors (Lipinski definition) is 3. The maximum Gasteiger partial charge on any atom is 0.254 e. The van der Waals surface area contributed by atoms with Crippen LogP contribution in [0.2, 0.25) is 0 Å². The average molecular weight is 374 g/mol. The number of amides is 1. The first-order chi connectivity index (χ1) is 9.93. The van der Waals surface area contributed by atoms with E-state index < -0.39 is 9.84 Å². The summed E-state index contributed by atoms with van der Waals surface area (Å²) in [6.07, 6.45) is 2.41. The van der Waals surface area contributed by atoms with Crippen molar-refractivity contribution in [2.24, 2.45) is 0 Å². The van der Waals surface area contributed by atoms with Crippen LogP contribution in [0, 0.1) is 0 Å². The lowest BCUT2D eigenvalue weighted by Gasteiger charge is -2.28. The van der Waals surface area contributed by atoms with Gasteiger partial charge in [-0.15, -0.1) is 0 Å². The predicted molar refractivity (Wildman–Crippen MR) is 87.1 cm³/mol. The van der Waals surface area contributed by atoms with Gasteiger partial charge in [-0.3, -0.25) is 4.79 Å². The highest BCUT2D eigenvalue weighted by Crippen LogP contribution is 2.22. The Kier molecular flexibility index (Phi) is 5.43. The van der Waals surface area contributed by atoms with Crippen LogP contribution in [0.4, 0.5) is 0 Å². The maximum atomic E-state index is 12.7. The predicted octanol–water partition coefficient (Wildman–Crippen LogP) is 2.88. The number of rotatable bonds is 5. The van der Waals surface area contributed by atoms with E-state index in [2.05, 4.69) is 22.9 Å². The molecule has 0 N–H and O–H groups in total. The molecule has 2 rings (SSSR count). The number of benzene rings is 1. The Hall–Kier alpha value is -0.880. The quantitative estimate of drug-likeness (QED) is 0.797. The lowest BCUT2D eigenvalue weighted by atomic mass is 10.1. The molecule has 0 bridgehead atoms. The molecule has 1 fully saturated rings. The van der Waals surface area contributed by atoms with E-state index in [1.54, 1.807) is 17.0 Å². The maximum absolute atomic E-state index is 12.7. The molecule has 116 valence electrons. The summed E-state index contributed by atoms with van der Waals surface area (Å²) in [6, 6.07) is 7.06. The van der Waals surface area contributed by atoms with Gasteiger partial charge in [-0.2, -0.15) is 0 Å². The molecule has 0 aromatic heterocycles. The van der Waals surface area contributed by atoms with Crippen LogP contribution in [0.3, 0.4) is 0 Å². The smallest absolute Gasteiger partial charge is 0.254 e. The van der Waals surface area contributed by atoms with Crippen molar-refractivity contribution in [3.8, 4) is 0 Å². The minimum Gasteiger partial charge on any atom is -0.335 e. The van der Waals surface area contributed by atoms with E-state index in [9.17, 15) is 13.2 Å². The van der Waals surface area contributed by atoms with E-state index in [0.29, 0.717) is 18.5 Å². The minimum absolute atomic E-state index is 0.0770.